The lowest BCUT2D eigenvalue weighted by molar-refractivity contribution is -0.146. The summed E-state index contributed by atoms with van der Waals surface area (Å²) in [5.74, 6) is -1.86. The summed E-state index contributed by atoms with van der Waals surface area (Å²) in [4.78, 5) is 11.9. The van der Waals surface area contributed by atoms with E-state index in [4.69, 9.17) is 4.74 Å². The van der Waals surface area contributed by atoms with Gasteiger partial charge < -0.3 is 20.1 Å². The number of aliphatic hydroxyl groups is 3. The van der Waals surface area contributed by atoms with Gasteiger partial charge in [0.15, 0.2) is 0 Å². The fourth-order valence-electron chi connectivity index (χ4n) is 4.12. The molecule has 0 aromatic rings. The fraction of sp³-hybridized carbons (Fsp3) is 0.667. The van der Waals surface area contributed by atoms with Crippen LogP contribution in [0.25, 0.3) is 0 Å². The number of rotatable bonds is 1. The summed E-state index contributed by atoms with van der Waals surface area (Å²) in [6.07, 6.45) is -1.02. The number of aliphatic hydroxyl groups excluding tert-OH is 3. The molecule has 0 spiro atoms. The number of hydrogen-bond donors (Lipinski definition) is 3. The molecule has 1 aliphatic heterocycles. The Morgan fingerprint density at radius 1 is 1.30 bits per heavy atom. The fourth-order valence-corrected chi connectivity index (χ4v) is 4.12. The van der Waals surface area contributed by atoms with Gasteiger partial charge in [0.1, 0.15) is 6.10 Å². The molecule has 5 heteroatoms. The third-order valence-electron chi connectivity index (χ3n) is 5.16. The second-order valence-electron chi connectivity index (χ2n) is 6.16. The lowest BCUT2D eigenvalue weighted by atomic mass is 9.79. The largest absolute Gasteiger partial charge is 0.461 e. The van der Waals surface area contributed by atoms with Crippen LogP contribution < -0.4 is 0 Å². The molecule has 5 nitrogen and oxygen atoms in total. The van der Waals surface area contributed by atoms with Crippen LogP contribution in [0.3, 0.4) is 0 Å². The van der Waals surface area contributed by atoms with Gasteiger partial charge in [-0.2, -0.15) is 0 Å². The van der Waals surface area contributed by atoms with E-state index in [0.717, 1.165) is 5.57 Å². The number of esters is 1. The molecule has 3 rings (SSSR count). The molecule has 0 amide bonds. The van der Waals surface area contributed by atoms with E-state index in [1.807, 2.05) is 0 Å². The normalized spacial score (nSPS) is 47.8. The van der Waals surface area contributed by atoms with Gasteiger partial charge in [0.2, 0.25) is 0 Å². The Hall–Kier alpha value is -1.17. The molecule has 0 radical (unpaired) electrons. The van der Waals surface area contributed by atoms with Gasteiger partial charge in [0.25, 0.3) is 0 Å². The molecule has 110 valence electrons. The van der Waals surface area contributed by atoms with Crippen LogP contribution >= 0.6 is 0 Å². The Bertz CT molecular complexity index is 471. The van der Waals surface area contributed by atoms with Crippen molar-refractivity contribution in [3.05, 3.63) is 24.3 Å². The van der Waals surface area contributed by atoms with Crippen molar-refractivity contribution in [2.24, 2.45) is 23.7 Å². The molecule has 20 heavy (non-hydrogen) atoms. The van der Waals surface area contributed by atoms with Gasteiger partial charge in [-0.05, 0) is 24.3 Å². The highest BCUT2D eigenvalue weighted by Crippen LogP contribution is 2.52. The van der Waals surface area contributed by atoms with Crippen molar-refractivity contribution in [3.8, 4) is 0 Å². The first-order valence-electron chi connectivity index (χ1n) is 6.99. The molecule has 0 aromatic heterocycles. The third-order valence-corrected chi connectivity index (χ3v) is 5.16. The van der Waals surface area contributed by atoms with Crippen LogP contribution in [-0.4, -0.2) is 46.2 Å². The summed E-state index contributed by atoms with van der Waals surface area (Å²) in [5, 5.41) is 29.8. The number of ether oxygens (including phenoxy) is 1. The number of carbonyl (C=O) groups excluding carboxylic acids is 1. The Kier molecular flexibility index (Phi) is 3.23. The number of fused-ring (bicyclic) bond motifs is 3. The van der Waals surface area contributed by atoms with Gasteiger partial charge in [-0.15, -0.1) is 0 Å². The Balaban J connectivity index is 2.02. The minimum atomic E-state index is -0.758. The zero-order valence-corrected chi connectivity index (χ0v) is 11.2. The summed E-state index contributed by atoms with van der Waals surface area (Å²) >= 11 is 0. The van der Waals surface area contributed by atoms with Crippen LogP contribution in [0.15, 0.2) is 24.3 Å². The SMILES string of the molecule is C=C1[C@@H]2[C@H]3OC(=O)[C@@H](CO)[C@@H]3[C@@H](O)CC(=C)[C@@H]2C[C@@H]1O. The minimum Gasteiger partial charge on any atom is -0.461 e. The highest BCUT2D eigenvalue weighted by Gasteiger charge is 2.57. The lowest BCUT2D eigenvalue weighted by Gasteiger charge is -2.28. The maximum atomic E-state index is 11.9. The molecule has 2 saturated carbocycles. The van der Waals surface area contributed by atoms with Crippen LogP contribution in [0.5, 0.6) is 0 Å². The van der Waals surface area contributed by atoms with Crippen molar-refractivity contribution in [3.63, 3.8) is 0 Å². The van der Waals surface area contributed by atoms with Crippen molar-refractivity contribution in [1.29, 1.82) is 0 Å². The van der Waals surface area contributed by atoms with Crippen molar-refractivity contribution < 1.29 is 24.9 Å². The van der Waals surface area contributed by atoms with Crippen LogP contribution in [-0.2, 0) is 9.53 Å². The Morgan fingerprint density at radius 3 is 2.65 bits per heavy atom. The second kappa shape index (κ2) is 4.69. The van der Waals surface area contributed by atoms with Crippen LogP contribution in [0, 0.1) is 23.7 Å². The van der Waals surface area contributed by atoms with Gasteiger partial charge >= 0.3 is 5.97 Å². The third kappa shape index (κ3) is 1.77. The smallest absolute Gasteiger partial charge is 0.312 e. The quantitative estimate of drug-likeness (QED) is 0.465. The zero-order chi connectivity index (χ0) is 14.6. The van der Waals surface area contributed by atoms with E-state index in [0.29, 0.717) is 18.4 Å². The highest BCUT2D eigenvalue weighted by molar-refractivity contribution is 5.76. The summed E-state index contributed by atoms with van der Waals surface area (Å²) in [7, 11) is 0. The summed E-state index contributed by atoms with van der Waals surface area (Å²) in [6.45, 7) is 7.61. The monoisotopic (exact) mass is 280 g/mol. The van der Waals surface area contributed by atoms with Crippen molar-refractivity contribution in [1.82, 2.24) is 0 Å². The average Bonchev–Trinajstić information content (AvgIpc) is 2.84. The standard InChI is InChI=1S/C15H20O5/c1-6-3-11(18)13-9(5-16)15(19)20-14(13)12-7(2)10(17)4-8(6)12/h8-14,16-18H,1-5H2/t8-,9-,10-,11-,12-,13+,14+/m0/s1. The molecule has 0 unspecified atom stereocenters. The Morgan fingerprint density at radius 2 is 2.00 bits per heavy atom. The lowest BCUT2D eigenvalue weighted by Crippen LogP contribution is -2.37. The minimum absolute atomic E-state index is 0.0209. The zero-order valence-electron chi connectivity index (χ0n) is 11.2. The van der Waals surface area contributed by atoms with E-state index < -0.39 is 36.1 Å². The maximum Gasteiger partial charge on any atom is 0.312 e. The molecule has 7 atom stereocenters. The van der Waals surface area contributed by atoms with Gasteiger partial charge in [-0.1, -0.05) is 18.7 Å². The predicted molar refractivity (Wildman–Crippen MR) is 70.5 cm³/mol. The second-order valence-corrected chi connectivity index (χ2v) is 6.16. The number of hydrogen-bond acceptors (Lipinski definition) is 5. The van der Waals surface area contributed by atoms with E-state index in [2.05, 4.69) is 13.2 Å². The first kappa shape index (κ1) is 13.8. The van der Waals surface area contributed by atoms with E-state index >= 15 is 0 Å². The van der Waals surface area contributed by atoms with Crippen molar-refractivity contribution >= 4 is 5.97 Å². The molecule has 0 aromatic carbocycles. The number of carbonyl (C=O) groups is 1. The molecule has 3 aliphatic rings. The van der Waals surface area contributed by atoms with E-state index in [1.165, 1.54) is 0 Å². The Labute approximate surface area is 117 Å². The first-order chi connectivity index (χ1) is 9.45. The summed E-state index contributed by atoms with van der Waals surface area (Å²) in [5.41, 5.74) is 1.51. The average molecular weight is 280 g/mol. The maximum absolute atomic E-state index is 11.9. The van der Waals surface area contributed by atoms with Gasteiger partial charge in [0.05, 0.1) is 24.7 Å². The molecule has 3 fully saturated rings. The molecular weight excluding hydrogens is 260 g/mol. The van der Waals surface area contributed by atoms with Gasteiger partial charge in [-0.3, -0.25) is 4.79 Å². The van der Waals surface area contributed by atoms with Crippen molar-refractivity contribution in [2.45, 2.75) is 31.2 Å². The van der Waals surface area contributed by atoms with E-state index in [-0.39, 0.29) is 18.4 Å². The summed E-state index contributed by atoms with van der Waals surface area (Å²) < 4.78 is 5.43. The molecule has 1 saturated heterocycles. The molecule has 3 N–H and O–H groups in total. The molecule has 1 heterocycles. The van der Waals surface area contributed by atoms with Gasteiger partial charge in [0, 0.05) is 11.8 Å². The molecule has 0 bridgehead atoms. The molecular formula is C15H20O5. The van der Waals surface area contributed by atoms with Gasteiger partial charge in [-0.25, -0.2) is 0 Å². The van der Waals surface area contributed by atoms with Crippen LogP contribution in [0.4, 0.5) is 0 Å². The van der Waals surface area contributed by atoms with Crippen LogP contribution in [0.1, 0.15) is 12.8 Å². The van der Waals surface area contributed by atoms with E-state index in [9.17, 15) is 20.1 Å². The van der Waals surface area contributed by atoms with Crippen LogP contribution in [0.2, 0.25) is 0 Å². The highest BCUT2D eigenvalue weighted by atomic mass is 16.6. The first-order valence-corrected chi connectivity index (χ1v) is 6.99. The topological polar surface area (TPSA) is 87.0 Å². The predicted octanol–water partition coefficient (Wildman–Crippen LogP) is 0.0105. The van der Waals surface area contributed by atoms with E-state index in [1.54, 1.807) is 0 Å². The summed E-state index contributed by atoms with van der Waals surface area (Å²) in [6, 6.07) is 0. The molecule has 2 aliphatic carbocycles. The van der Waals surface area contributed by atoms with Crippen molar-refractivity contribution in [2.75, 3.05) is 6.61 Å².